The maximum atomic E-state index is 14.2. The molecule has 0 saturated heterocycles. The van der Waals surface area contributed by atoms with E-state index in [-0.39, 0.29) is 17.9 Å². The molecule has 1 fully saturated rings. The summed E-state index contributed by atoms with van der Waals surface area (Å²) in [5, 5.41) is 4.10. The Morgan fingerprint density at radius 2 is 1.59 bits per heavy atom. The van der Waals surface area contributed by atoms with Gasteiger partial charge in [-0.05, 0) is 68.0 Å². The predicted molar refractivity (Wildman–Crippen MR) is 150 cm³/mol. The van der Waals surface area contributed by atoms with Crippen molar-refractivity contribution in [3.05, 3.63) is 75.2 Å². The summed E-state index contributed by atoms with van der Waals surface area (Å²) in [4.78, 5) is 34.9. The summed E-state index contributed by atoms with van der Waals surface area (Å²) in [7, 11) is 1.61. The van der Waals surface area contributed by atoms with Gasteiger partial charge in [-0.15, -0.1) is 11.3 Å². The van der Waals surface area contributed by atoms with Crippen molar-refractivity contribution < 1.29 is 14.3 Å². The molecule has 2 aromatic carbocycles. The number of carbonyl (C=O) groups excluding carboxylic acids is 2. The minimum atomic E-state index is -0.841. The molecule has 7 heteroatoms. The fraction of sp³-hybridized carbons (Fsp3) is 0.433. The van der Waals surface area contributed by atoms with Gasteiger partial charge < -0.3 is 10.1 Å². The molecular weight excluding hydrogens is 482 g/mol. The summed E-state index contributed by atoms with van der Waals surface area (Å²) in [6.45, 7) is 8.02. The molecule has 0 bridgehead atoms. The zero-order valence-electron chi connectivity index (χ0n) is 22.4. The summed E-state index contributed by atoms with van der Waals surface area (Å²) in [5.41, 5.74) is 3.26. The number of carbonyl (C=O) groups is 2. The highest BCUT2D eigenvalue weighted by atomic mass is 32.1. The minimum Gasteiger partial charge on any atom is -0.497 e. The Bertz CT molecular complexity index is 1210. The number of benzene rings is 2. The maximum Gasteiger partial charge on any atom is 0.271 e. The third kappa shape index (κ3) is 6.21. The average Bonchev–Trinajstić information content (AvgIpc) is 3.25. The highest BCUT2D eigenvalue weighted by Gasteiger charge is 2.36. The Morgan fingerprint density at radius 1 is 0.973 bits per heavy atom. The third-order valence-corrected chi connectivity index (χ3v) is 8.10. The topological polar surface area (TPSA) is 71.5 Å². The van der Waals surface area contributed by atoms with Crippen LogP contribution in [0.5, 0.6) is 5.75 Å². The Balaban J connectivity index is 1.82. The van der Waals surface area contributed by atoms with Crippen molar-refractivity contribution in [2.45, 2.75) is 77.8 Å². The van der Waals surface area contributed by atoms with Gasteiger partial charge in [-0.1, -0.05) is 57.4 Å². The average molecular weight is 520 g/mol. The summed E-state index contributed by atoms with van der Waals surface area (Å²) < 4.78 is 5.36. The van der Waals surface area contributed by atoms with Crippen LogP contribution < -0.4 is 15.0 Å². The van der Waals surface area contributed by atoms with Gasteiger partial charge in [0.2, 0.25) is 5.91 Å². The lowest BCUT2D eigenvalue weighted by Crippen LogP contribution is -2.47. The maximum absolute atomic E-state index is 14.2. The molecule has 1 aliphatic rings. The fourth-order valence-electron chi connectivity index (χ4n) is 4.97. The molecule has 1 N–H and O–H groups in total. The second-order valence-electron chi connectivity index (χ2n) is 10.1. The van der Waals surface area contributed by atoms with Gasteiger partial charge in [-0.25, -0.2) is 4.98 Å². The van der Waals surface area contributed by atoms with E-state index in [2.05, 4.69) is 24.1 Å². The summed E-state index contributed by atoms with van der Waals surface area (Å²) in [6, 6.07) is 14.7. The molecule has 0 spiro atoms. The smallest absolute Gasteiger partial charge is 0.271 e. The standard InChI is InChI=1S/C30H37N3O3S/c1-19(2)22-11-15-25(16-12-22)33(30(35)28-20(3)31-21(4)37-28)27(23-13-17-26(36-5)18-14-23)29(34)32-24-9-7-6-8-10-24/h11-19,24,27H,6-10H2,1-5H3,(H,32,34). The molecule has 37 heavy (non-hydrogen) atoms. The molecule has 2 amide bonds. The minimum absolute atomic E-state index is 0.120. The van der Waals surface area contributed by atoms with Gasteiger partial charge in [0.15, 0.2) is 0 Å². The molecule has 1 aliphatic carbocycles. The zero-order valence-corrected chi connectivity index (χ0v) is 23.2. The summed E-state index contributed by atoms with van der Waals surface area (Å²) in [6.07, 6.45) is 5.34. The molecule has 0 aliphatic heterocycles. The van der Waals surface area contributed by atoms with E-state index in [4.69, 9.17) is 4.74 Å². The molecule has 3 aromatic rings. The van der Waals surface area contributed by atoms with Gasteiger partial charge in [0.25, 0.3) is 5.91 Å². The van der Waals surface area contributed by atoms with E-state index < -0.39 is 6.04 Å². The highest BCUT2D eigenvalue weighted by Crippen LogP contribution is 2.34. The number of nitrogens with one attached hydrogen (secondary N) is 1. The molecule has 1 aromatic heterocycles. The zero-order chi connectivity index (χ0) is 26.5. The van der Waals surface area contributed by atoms with Crippen molar-refractivity contribution >= 4 is 28.8 Å². The lowest BCUT2D eigenvalue weighted by Gasteiger charge is -2.33. The molecule has 4 rings (SSSR count). The van der Waals surface area contributed by atoms with Crippen molar-refractivity contribution in [2.75, 3.05) is 12.0 Å². The Labute approximate surface area is 224 Å². The van der Waals surface area contributed by atoms with Crippen molar-refractivity contribution in [3.63, 3.8) is 0 Å². The highest BCUT2D eigenvalue weighted by molar-refractivity contribution is 7.13. The Hall–Kier alpha value is -3.19. The first-order valence-corrected chi connectivity index (χ1v) is 13.9. The molecule has 1 unspecified atom stereocenters. The number of anilines is 1. The van der Waals surface area contributed by atoms with E-state index in [0.717, 1.165) is 36.3 Å². The monoisotopic (exact) mass is 519 g/mol. The number of thiazole rings is 1. The van der Waals surface area contributed by atoms with Crippen molar-refractivity contribution in [2.24, 2.45) is 0 Å². The van der Waals surface area contributed by atoms with Crippen LogP contribution in [0.3, 0.4) is 0 Å². The molecule has 1 heterocycles. The van der Waals surface area contributed by atoms with Crippen LogP contribution in [-0.4, -0.2) is 29.9 Å². The first-order chi connectivity index (χ1) is 17.8. The molecule has 196 valence electrons. The van der Waals surface area contributed by atoms with Gasteiger partial charge in [0.05, 0.1) is 17.8 Å². The number of nitrogens with zero attached hydrogens (tertiary/aromatic N) is 2. The Morgan fingerprint density at radius 3 is 2.14 bits per heavy atom. The molecular formula is C30H37N3O3S. The van der Waals surface area contributed by atoms with Crippen LogP contribution in [0, 0.1) is 13.8 Å². The predicted octanol–water partition coefficient (Wildman–Crippen LogP) is 6.73. The SMILES string of the molecule is COc1ccc(C(C(=O)NC2CCCCC2)N(C(=O)c2sc(C)nc2C)c2ccc(C(C)C)cc2)cc1. The number of rotatable bonds is 8. The number of hydrogen-bond acceptors (Lipinski definition) is 5. The fourth-order valence-corrected chi connectivity index (χ4v) is 5.83. The lowest BCUT2D eigenvalue weighted by molar-refractivity contribution is -0.123. The van der Waals surface area contributed by atoms with Gasteiger partial charge in [0, 0.05) is 11.7 Å². The molecule has 0 radical (unpaired) electrons. The molecule has 1 saturated carbocycles. The second kappa shape index (κ2) is 11.9. The van der Waals surface area contributed by atoms with E-state index in [1.165, 1.54) is 23.3 Å². The number of aryl methyl sites for hydroxylation is 2. The number of methoxy groups -OCH3 is 1. The molecule has 6 nitrogen and oxygen atoms in total. The van der Waals surface area contributed by atoms with Gasteiger partial charge in [-0.3, -0.25) is 14.5 Å². The number of ether oxygens (including phenoxy) is 1. The van der Waals surface area contributed by atoms with Crippen LogP contribution >= 0.6 is 11.3 Å². The summed E-state index contributed by atoms with van der Waals surface area (Å²) in [5.74, 6) is 0.664. The van der Waals surface area contributed by atoms with Crippen molar-refractivity contribution in [3.8, 4) is 5.75 Å². The van der Waals surface area contributed by atoms with Crippen LogP contribution in [0.15, 0.2) is 48.5 Å². The normalized spacial score (nSPS) is 14.9. The van der Waals surface area contributed by atoms with Crippen LogP contribution in [0.4, 0.5) is 5.69 Å². The first kappa shape index (κ1) is 26.9. The van der Waals surface area contributed by atoms with Gasteiger partial charge >= 0.3 is 0 Å². The van der Waals surface area contributed by atoms with Gasteiger partial charge in [-0.2, -0.15) is 0 Å². The quantitative estimate of drug-likeness (QED) is 0.358. The van der Waals surface area contributed by atoms with E-state index in [1.54, 1.807) is 12.0 Å². The van der Waals surface area contributed by atoms with Crippen LogP contribution in [0.25, 0.3) is 0 Å². The van der Waals surface area contributed by atoms with Gasteiger partial charge in [0.1, 0.15) is 16.7 Å². The molecule has 1 atom stereocenters. The van der Waals surface area contributed by atoms with E-state index in [0.29, 0.717) is 27.9 Å². The third-order valence-electron chi connectivity index (χ3n) is 7.04. The van der Waals surface area contributed by atoms with Crippen LogP contribution in [0.2, 0.25) is 0 Å². The number of hydrogen-bond donors (Lipinski definition) is 1. The first-order valence-electron chi connectivity index (χ1n) is 13.1. The number of amides is 2. The van der Waals surface area contributed by atoms with Crippen LogP contribution in [0.1, 0.15) is 89.4 Å². The van der Waals surface area contributed by atoms with Crippen molar-refractivity contribution in [1.82, 2.24) is 10.3 Å². The van der Waals surface area contributed by atoms with Crippen LogP contribution in [-0.2, 0) is 4.79 Å². The van der Waals surface area contributed by atoms with Crippen molar-refractivity contribution in [1.29, 1.82) is 0 Å². The lowest BCUT2D eigenvalue weighted by atomic mass is 9.94. The largest absolute Gasteiger partial charge is 0.497 e. The number of aromatic nitrogens is 1. The van der Waals surface area contributed by atoms with E-state index in [1.807, 2.05) is 62.4 Å². The van der Waals surface area contributed by atoms with E-state index >= 15 is 0 Å². The van der Waals surface area contributed by atoms with E-state index in [9.17, 15) is 9.59 Å². The Kier molecular flexibility index (Phi) is 8.64. The summed E-state index contributed by atoms with van der Waals surface area (Å²) >= 11 is 1.37. The second-order valence-corrected chi connectivity index (χ2v) is 11.3.